The number of rotatable bonds is 3. The van der Waals surface area contributed by atoms with E-state index in [2.05, 4.69) is 48.8 Å². The average Bonchev–Trinajstić information content (AvgIpc) is 2.52. The SMILES string of the molecule is Cc1cnc(C)c(OC2CCN(c3ncc(Br)cc3C)CC2)n1. The standard InChI is InChI=1S/C17H21BrN4O/c1-11-8-14(18)10-20-16(11)22-6-4-15(5-7-22)23-17-13(3)19-9-12(2)21-17/h8-10,15H,4-7H2,1-3H3. The van der Waals surface area contributed by atoms with Crippen LogP contribution in [0.5, 0.6) is 5.88 Å². The molecule has 0 unspecified atom stereocenters. The molecule has 0 aromatic carbocycles. The third-order valence-corrected chi connectivity index (χ3v) is 4.50. The normalized spacial score (nSPS) is 15.7. The van der Waals surface area contributed by atoms with Crippen molar-refractivity contribution in [1.29, 1.82) is 0 Å². The van der Waals surface area contributed by atoms with Crippen LogP contribution in [0.25, 0.3) is 0 Å². The minimum Gasteiger partial charge on any atom is -0.473 e. The number of piperidine rings is 1. The molecule has 0 aliphatic carbocycles. The predicted molar refractivity (Wildman–Crippen MR) is 94.0 cm³/mol. The number of pyridine rings is 1. The Kier molecular flexibility index (Phi) is 4.80. The van der Waals surface area contributed by atoms with Crippen LogP contribution in [0.15, 0.2) is 22.9 Å². The van der Waals surface area contributed by atoms with Gasteiger partial charge in [-0.15, -0.1) is 0 Å². The van der Waals surface area contributed by atoms with Crippen LogP contribution in [-0.4, -0.2) is 34.1 Å². The molecule has 0 amide bonds. The van der Waals surface area contributed by atoms with Crippen LogP contribution in [-0.2, 0) is 0 Å². The molecule has 5 nitrogen and oxygen atoms in total. The molecule has 0 atom stereocenters. The summed E-state index contributed by atoms with van der Waals surface area (Å²) < 4.78 is 7.09. The molecule has 122 valence electrons. The molecule has 1 fully saturated rings. The summed E-state index contributed by atoms with van der Waals surface area (Å²) in [4.78, 5) is 15.6. The molecule has 0 spiro atoms. The Morgan fingerprint density at radius 3 is 2.57 bits per heavy atom. The highest BCUT2D eigenvalue weighted by molar-refractivity contribution is 9.10. The molecular weight excluding hydrogens is 356 g/mol. The van der Waals surface area contributed by atoms with Crippen LogP contribution in [0, 0.1) is 20.8 Å². The van der Waals surface area contributed by atoms with Crippen molar-refractivity contribution < 1.29 is 4.74 Å². The van der Waals surface area contributed by atoms with Crippen molar-refractivity contribution in [1.82, 2.24) is 15.0 Å². The Balaban J connectivity index is 1.63. The predicted octanol–water partition coefficient (Wildman–Crippen LogP) is 3.61. The number of hydrogen-bond donors (Lipinski definition) is 0. The Hall–Kier alpha value is -1.69. The number of aryl methyl sites for hydroxylation is 3. The van der Waals surface area contributed by atoms with Gasteiger partial charge in [-0.1, -0.05) is 0 Å². The summed E-state index contributed by atoms with van der Waals surface area (Å²) in [5.74, 6) is 1.74. The second-order valence-corrected chi connectivity index (χ2v) is 6.92. The highest BCUT2D eigenvalue weighted by atomic mass is 79.9. The molecule has 0 saturated carbocycles. The summed E-state index contributed by atoms with van der Waals surface area (Å²) in [6.07, 6.45) is 5.75. The van der Waals surface area contributed by atoms with Gasteiger partial charge < -0.3 is 9.64 Å². The maximum atomic E-state index is 6.07. The van der Waals surface area contributed by atoms with Gasteiger partial charge >= 0.3 is 0 Å². The minimum atomic E-state index is 0.191. The minimum absolute atomic E-state index is 0.191. The summed E-state index contributed by atoms with van der Waals surface area (Å²) in [6.45, 7) is 7.86. The first-order valence-corrected chi connectivity index (χ1v) is 8.66. The fraction of sp³-hybridized carbons (Fsp3) is 0.471. The maximum absolute atomic E-state index is 6.07. The van der Waals surface area contributed by atoms with Crippen molar-refractivity contribution in [3.63, 3.8) is 0 Å². The molecule has 0 bridgehead atoms. The summed E-state index contributed by atoms with van der Waals surface area (Å²) in [5, 5.41) is 0. The van der Waals surface area contributed by atoms with Gasteiger partial charge in [0.05, 0.1) is 11.4 Å². The van der Waals surface area contributed by atoms with E-state index in [1.165, 1.54) is 5.56 Å². The lowest BCUT2D eigenvalue weighted by atomic mass is 10.1. The summed E-state index contributed by atoms with van der Waals surface area (Å²) >= 11 is 3.47. The van der Waals surface area contributed by atoms with Crippen molar-refractivity contribution in [3.8, 4) is 5.88 Å². The van der Waals surface area contributed by atoms with Crippen molar-refractivity contribution in [2.45, 2.75) is 39.7 Å². The van der Waals surface area contributed by atoms with Crippen LogP contribution >= 0.6 is 15.9 Å². The van der Waals surface area contributed by atoms with E-state index in [1.807, 2.05) is 20.0 Å². The van der Waals surface area contributed by atoms with Gasteiger partial charge in [0.2, 0.25) is 5.88 Å². The first-order chi connectivity index (χ1) is 11.0. The highest BCUT2D eigenvalue weighted by Gasteiger charge is 2.23. The molecule has 0 N–H and O–H groups in total. The van der Waals surface area contributed by atoms with Gasteiger partial charge in [-0.25, -0.2) is 9.97 Å². The molecule has 2 aromatic heterocycles. The van der Waals surface area contributed by atoms with E-state index in [0.717, 1.165) is 47.6 Å². The van der Waals surface area contributed by atoms with Crippen LogP contribution in [0.1, 0.15) is 29.8 Å². The Morgan fingerprint density at radius 2 is 1.87 bits per heavy atom. The van der Waals surface area contributed by atoms with E-state index in [1.54, 1.807) is 6.20 Å². The lowest BCUT2D eigenvalue weighted by Crippen LogP contribution is -2.39. The van der Waals surface area contributed by atoms with Gasteiger partial charge in [-0.3, -0.25) is 4.98 Å². The first-order valence-electron chi connectivity index (χ1n) is 7.87. The van der Waals surface area contributed by atoms with Gasteiger partial charge in [0, 0.05) is 42.8 Å². The monoisotopic (exact) mass is 376 g/mol. The van der Waals surface area contributed by atoms with Crippen molar-refractivity contribution in [2.24, 2.45) is 0 Å². The Morgan fingerprint density at radius 1 is 1.13 bits per heavy atom. The zero-order valence-electron chi connectivity index (χ0n) is 13.7. The second-order valence-electron chi connectivity index (χ2n) is 6.00. The van der Waals surface area contributed by atoms with E-state index in [4.69, 9.17) is 4.74 Å². The zero-order chi connectivity index (χ0) is 16.4. The van der Waals surface area contributed by atoms with E-state index in [-0.39, 0.29) is 6.10 Å². The Bertz CT molecular complexity index is 699. The molecule has 3 heterocycles. The van der Waals surface area contributed by atoms with Gasteiger partial charge in [0.1, 0.15) is 11.9 Å². The quantitative estimate of drug-likeness (QED) is 0.818. The van der Waals surface area contributed by atoms with E-state index >= 15 is 0 Å². The largest absolute Gasteiger partial charge is 0.473 e. The molecule has 3 rings (SSSR count). The molecule has 1 aliphatic heterocycles. The van der Waals surface area contributed by atoms with Crippen molar-refractivity contribution in [2.75, 3.05) is 18.0 Å². The molecule has 1 saturated heterocycles. The van der Waals surface area contributed by atoms with Crippen LogP contribution in [0.4, 0.5) is 5.82 Å². The maximum Gasteiger partial charge on any atom is 0.235 e. The topological polar surface area (TPSA) is 51.1 Å². The van der Waals surface area contributed by atoms with E-state index < -0.39 is 0 Å². The van der Waals surface area contributed by atoms with Crippen molar-refractivity contribution >= 4 is 21.7 Å². The summed E-state index contributed by atoms with van der Waals surface area (Å²) in [5.41, 5.74) is 2.93. The lowest BCUT2D eigenvalue weighted by Gasteiger charge is -2.33. The number of anilines is 1. The number of ether oxygens (including phenoxy) is 1. The Labute approximate surface area is 145 Å². The number of halogens is 1. The second kappa shape index (κ2) is 6.83. The van der Waals surface area contributed by atoms with Crippen LogP contribution in [0.3, 0.4) is 0 Å². The molecule has 6 heteroatoms. The highest BCUT2D eigenvalue weighted by Crippen LogP contribution is 2.25. The van der Waals surface area contributed by atoms with E-state index in [9.17, 15) is 0 Å². The molecule has 23 heavy (non-hydrogen) atoms. The van der Waals surface area contributed by atoms with Gasteiger partial charge in [0.25, 0.3) is 0 Å². The first kappa shape index (κ1) is 16.2. The number of nitrogens with zero attached hydrogens (tertiary/aromatic N) is 4. The third kappa shape index (κ3) is 3.80. The van der Waals surface area contributed by atoms with Gasteiger partial charge in [-0.2, -0.15) is 0 Å². The zero-order valence-corrected chi connectivity index (χ0v) is 15.3. The molecule has 2 aromatic rings. The fourth-order valence-electron chi connectivity index (χ4n) is 2.83. The molecule has 0 radical (unpaired) electrons. The summed E-state index contributed by atoms with van der Waals surface area (Å²) in [7, 11) is 0. The summed E-state index contributed by atoms with van der Waals surface area (Å²) in [6, 6.07) is 2.11. The number of aromatic nitrogens is 3. The average molecular weight is 377 g/mol. The third-order valence-electron chi connectivity index (χ3n) is 4.07. The molecule has 1 aliphatic rings. The van der Waals surface area contributed by atoms with Gasteiger partial charge in [-0.05, 0) is 48.3 Å². The fourth-order valence-corrected chi connectivity index (χ4v) is 3.28. The smallest absolute Gasteiger partial charge is 0.235 e. The number of hydrogen-bond acceptors (Lipinski definition) is 5. The van der Waals surface area contributed by atoms with Crippen molar-refractivity contribution in [3.05, 3.63) is 39.9 Å². The lowest BCUT2D eigenvalue weighted by molar-refractivity contribution is 0.161. The van der Waals surface area contributed by atoms with E-state index in [0.29, 0.717) is 5.88 Å². The molecular formula is C17H21BrN4O. The van der Waals surface area contributed by atoms with Crippen LogP contribution < -0.4 is 9.64 Å². The van der Waals surface area contributed by atoms with Crippen LogP contribution in [0.2, 0.25) is 0 Å². The van der Waals surface area contributed by atoms with Gasteiger partial charge in [0.15, 0.2) is 0 Å².